The third kappa shape index (κ3) is 3.12. The summed E-state index contributed by atoms with van der Waals surface area (Å²) < 4.78 is 1.62. The van der Waals surface area contributed by atoms with Gasteiger partial charge in [-0.25, -0.2) is 4.68 Å². The van der Waals surface area contributed by atoms with Gasteiger partial charge in [-0.3, -0.25) is 4.79 Å². The molecule has 6 heteroatoms. The van der Waals surface area contributed by atoms with E-state index < -0.39 is 0 Å². The minimum Gasteiger partial charge on any atom is -0.397 e. The molecule has 0 spiro atoms. The SMILES string of the molecule is Nc1ccccc1NC(=O)c1cn(Cc2ccccc2)nn1. The van der Waals surface area contributed by atoms with Crippen LogP contribution in [0.5, 0.6) is 0 Å². The lowest BCUT2D eigenvalue weighted by Crippen LogP contribution is -2.13. The Labute approximate surface area is 127 Å². The Morgan fingerprint density at radius 1 is 1.09 bits per heavy atom. The van der Waals surface area contributed by atoms with Crippen LogP contribution in [-0.4, -0.2) is 20.9 Å². The maximum atomic E-state index is 12.1. The lowest BCUT2D eigenvalue weighted by Gasteiger charge is -2.05. The number of nitrogen functional groups attached to an aromatic ring is 1. The molecule has 2 aromatic carbocycles. The first-order valence-electron chi connectivity index (χ1n) is 6.82. The van der Waals surface area contributed by atoms with Crippen LogP contribution in [0.25, 0.3) is 0 Å². The number of hydrogen-bond donors (Lipinski definition) is 2. The molecular weight excluding hydrogens is 278 g/mol. The average Bonchev–Trinajstić information content (AvgIpc) is 2.99. The van der Waals surface area contributed by atoms with Gasteiger partial charge in [-0.05, 0) is 17.7 Å². The molecule has 0 saturated heterocycles. The highest BCUT2D eigenvalue weighted by Gasteiger charge is 2.12. The Kier molecular flexibility index (Phi) is 3.82. The molecule has 0 radical (unpaired) electrons. The number of amides is 1. The molecule has 0 aliphatic rings. The second-order valence-corrected chi connectivity index (χ2v) is 4.83. The van der Waals surface area contributed by atoms with Crippen molar-refractivity contribution < 1.29 is 4.79 Å². The average molecular weight is 293 g/mol. The topological polar surface area (TPSA) is 85.8 Å². The van der Waals surface area contributed by atoms with E-state index in [0.717, 1.165) is 5.56 Å². The summed E-state index contributed by atoms with van der Waals surface area (Å²) in [6.45, 7) is 0.564. The lowest BCUT2D eigenvalue weighted by atomic mass is 10.2. The van der Waals surface area contributed by atoms with Crippen molar-refractivity contribution in [2.45, 2.75) is 6.54 Å². The largest absolute Gasteiger partial charge is 0.397 e. The van der Waals surface area contributed by atoms with Crippen molar-refractivity contribution in [2.24, 2.45) is 0 Å². The zero-order valence-electron chi connectivity index (χ0n) is 11.8. The number of carbonyl (C=O) groups excluding carboxylic acids is 1. The third-order valence-corrected chi connectivity index (χ3v) is 3.17. The Morgan fingerprint density at radius 3 is 2.59 bits per heavy atom. The molecular formula is C16H15N5O. The van der Waals surface area contributed by atoms with Crippen LogP contribution >= 0.6 is 0 Å². The van der Waals surface area contributed by atoms with Gasteiger partial charge in [0.25, 0.3) is 5.91 Å². The van der Waals surface area contributed by atoms with Crippen molar-refractivity contribution in [2.75, 3.05) is 11.1 Å². The summed E-state index contributed by atoms with van der Waals surface area (Å²) in [5.74, 6) is -0.336. The van der Waals surface area contributed by atoms with Crippen LogP contribution < -0.4 is 11.1 Å². The molecule has 3 N–H and O–H groups in total. The van der Waals surface area contributed by atoms with Crippen LogP contribution in [0.4, 0.5) is 11.4 Å². The fourth-order valence-corrected chi connectivity index (χ4v) is 2.05. The monoisotopic (exact) mass is 293 g/mol. The van der Waals surface area contributed by atoms with Gasteiger partial charge in [-0.1, -0.05) is 47.7 Å². The van der Waals surface area contributed by atoms with Crippen LogP contribution in [0.15, 0.2) is 60.8 Å². The van der Waals surface area contributed by atoms with E-state index in [1.807, 2.05) is 30.3 Å². The molecule has 6 nitrogen and oxygen atoms in total. The summed E-state index contributed by atoms with van der Waals surface area (Å²) >= 11 is 0. The Hall–Kier alpha value is -3.15. The second-order valence-electron chi connectivity index (χ2n) is 4.83. The molecule has 22 heavy (non-hydrogen) atoms. The Balaban J connectivity index is 1.71. The smallest absolute Gasteiger partial charge is 0.277 e. The van der Waals surface area contributed by atoms with Crippen LogP contribution in [0.3, 0.4) is 0 Å². The molecule has 1 amide bonds. The predicted molar refractivity (Wildman–Crippen MR) is 84.4 cm³/mol. The molecule has 110 valence electrons. The van der Waals surface area contributed by atoms with Crippen molar-refractivity contribution in [3.8, 4) is 0 Å². The van der Waals surface area contributed by atoms with E-state index >= 15 is 0 Å². The van der Waals surface area contributed by atoms with Crippen LogP contribution in [-0.2, 0) is 6.54 Å². The number of nitrogens with two attached hydrogens (primary N) is 1. The number of aromatic nitrogens is 3. The molecule has 1 heterocycles. The number of nitrogens with one attached hydrogen (secondary N) is 1. The molecule has 0 aliphatic carbocycles. The fraction of sp³-hybridized carbons (Fsp3) is 0.0625. The maximum Gasteiger partial charge on any atom is 0.277 e. The van der Waals surface area contributed by atoms with E-state index in [2.05, 4.69) is 15.6 Å². The zero-order chi connectivity index (χ0) is 15.4. The van der Waals surface area contributed by atoms with E-state index in [9.17, 15) is 4.79 Å². The first-order valence-corrected chi connectivity index (χ1v) is 6.82. The van der Waals surface area contributed by atoms with Crippen LogP contribution in [0.1, 0.15) is 16.1 Å². The second kappa shape index (κ2) is 6.09. The summed E-state index contributed by atoms with van der Waals surface area (Å²) in [5.41, 5.74) is 8.20. The van der Waals surface area contributed by atoms with Gasteiger partial charge in [0.05, 0.1) is 24.1 Å². The van der Waals surface area contributed by atoms with Crippen LogP contribution in [0.2, 0.25) is 0 Å². The lowest BCUT2D eigenvalue weighted by molar-refractivity contribution is 0.102. The first kappa shape index (κ1) is 13.8. The van der Waals surface area contributed by atoms with Gasteiger partial charge in [0.1, 0.15) is 0 Å². The molecule has 3 rings (SSSR count). The van der Waals surface area contributed by atoms with Crippen molar-refractivity contribution >= 4 is 17.3 Å². The maximum absolute atomic E-state index is 12.1. The zero-order valence-corrected chi connectivity index (χ0v) is 11.8. The highest BCUT2D eigenvalue weighted by atomic mass is 16.2. The highest BCUT2D eigenvalue weighted by Crippen LogP contribution is 2.17. The molecule has 0 atom stereocenters. The molecule has 0 unspecified atom stereocenters. The molecule has 0 aliphatic heterocycles. The standard InChI is InChI=1S/C16H15N5O/c17-13-8-4-5-9-14(13)18-16(22)15-11-21(20-19-15)10-12-6-2-1-3-7-12/h1-9,11H,10,17H2,(H,18,22). The van der Waals surface area contributed by atoms with Crippen LogP contribution in [0, 0.1) is 0 Å². The molecule has 0 fully saturated rings. The summed E-state index contributed by atoms with van der Waals surface area (Å²) in [6, 6.07) is 16.9. The van der Waals surface area contributed by atoms with E-state index in [4.69, 9.17) is 5.73 Å². The van der Waals surface area contributed by atoms with E-state index in [1.165, 1.54) is 0 Å². The first-order chi connectivity index (χ1) is 10.7. The number of anilines is 2. The number of carbonyl (C=O) groups is 1. The van der Waals surface area contributed by atoms with Gasteiger partial charge in [-0.2, -0.15) is 0 Å². The third-order valence-electron chi connectivity index (χ3n) is 3.17. The number of para-hydroxylation sites is 2. The Morgan fingerprint density at radius 2 is 1.82 bits per heavy atom. The number of benzene rings is 2. The number of hydrogen-bond acceptors (Lipinski definition) is 4. The number of nitrogens with zero attached hydrogens (tertiary/aromatic N) is 3. The quantitative estimate of drug-likeness (QED) is 0.722. The molecule has 3 aromatic rings. The molecule has 0 bridgehead atoms. The van der Waals surface area contributed by atoms with Gasteiger partial charge >= 0.3 is 0 Å². The normalized spacial score (nSPS) is 10.4. The van der Waals surface area contributed by atoms with E-state index in [0.29, 0.717) is 17.9 Å². The number of rotatable bonds is 4. The molecule has 0 saturated carbocycles. The van der Waals surface area contributed by atoms with Gasteiger partial charge in [-0.15, -0.1) is 5.10 Å². The summed E-state index contributed by atoms with van der Waals surface area (Å²) in [7, 11) is 0. The summed E-state index contributed by atoms with van der Waals surface area (Å²) in [4.78, 5) is 12.1. The van der Waals surface area contributed by atoms with Crippen molar-refractivity contribution in [3.05, 3.63) is 72.1 Å². The highest BCUT2D eigenvalue weighted by molar-refractivity contribution is 6.04. The van der Waals surface area contributed by atoms with Gasteiger partial charge in [0, 0.05) is 0 Å². The predicted octanol–water partition coefficient (Wildman–Crippen LogP) is 2.16. The van der Waals surface area contributed by atoms with Gasteiger partial charge in [0.15, 0.2) is 5.69 Å². The summed E-state index contributed by atoms with van der Waals surface area (Å²) in [6.07, 6.45) is 1.61. The van der Waals surface area contributed by atoms with E-state index in [1.54, 1.807) is 35.1 Å². The minimum atomic E-state index is -0.336. The van der Waals surface area contributed by atoms with Gasteiger partial charge < -0.3 is 11.1 Å². The van der Waals surface area contributed by atoms with Crippen molar-refractivity contribution in [3.63, 3.8) is 0 Å². The fourth-order valence-electron chi connectivity index (χ4n) is 2.05. The van der Waals surface area contributed by atoms with Crippen molar-refractivity contribution in [1.82, 2.24) is 15.0 Å². The van der Waals surface area contributed by atoms with E-state index in [-0.39, 0.29) is 11.6 Å². The molecule has 1 aromatic heterocycles. The van der Waals surface area contributed by atoms with Gasteiger partial charge in [0.2, 0.25) is 0 Å². The summed E-state index contributed by atoms with van der Waals surface area (Å²) in [5, 5.41) is 10.6. The minimum absolute atomic E-state index is 0.249. The Bertz CT molecular complexity index is 782. The van der Waals surface area contributed by atoms with Crippen molar-refractivity contribution in [1.29, 1.82) is 0 Å².